The summed E-state index contributed by atoms with van der Waals surface area (Å²) in [7, 11) is 1.17. The number of hydrogen-bond donors (Lipinski definition) is 2. The average molecular weight is 365 g/mol. The van der Waals surface area contributed by atoms with E-state index in [1.165, 1.54) is 10.8 Å². The first-order chi connectivity index (χ1) is 11.8. The van der Waals surface area contributed by atoms with Crippen LogP contribution in [0.3, 0.4) is 0 Å². The second-order valence-electron chi connectivity index (χ2n) is 5.21. The van der Waals surface area contributed by atoms with Gasteiger partial charge >= 0.3 is 0 Å². The molecule has 0 saturated heterocycles. The second-order valence-corrected chi connectivity index (χ2v) is 6.60. The maximum atomic E-state index is 9.29. The van der Waals surface area contributed by atoms with Gasteiger partial charge in [0.1, 0.15) is 5.44 Å². The van der Waals surface area contributed by atoms with Gasteiger partial charge in [0.05, 0.1) is 0 Å². The number of rotatable bonds is 14. The first-order valence-corrected chi connectivity index (χ1v) is 10.6. The summed E-state index contributed by atoms with van der Waals surface area (Å²) in [5.74, 6) is 0. The third-order valence-electron chi connectivity index (χ3n) is 3.06. The van der Waals surface area contributed by atoms with Crippen molar-refractivity contribution >= 4 is 22.5 Å². The van der Waals surface area contributed by atoms with Crippen LogP contribution in [0.15, 0.2) is 72.9 Å². The summed E-state index contributed by atoms with van der Waals surface area (Å²) in [6.07, 6.45) is 32.7. The molecule has 0 aliphatic carbocycles. The van der Waals surface area contributed by atoms with Crippen molar-refractivity contribution in [3.05, 3.63) is 72.9 Å². The molecule has 0 aliphatic heterocycles. The molecule has 1 atom stereocenters. The fourth-order valence-corrected chi connectivity index (χ4v) is 2.23. The SMILES string of the molecule is CCC=CCC=CCC=CCC=CCC=CCC=CCC(O)SS. The first-order valence-electron chi connectivity index (χ1n) is 8.69. The van der Waals surface area contributed by atoms with E-state index in [9.17, 15) is 5.11 Å². The lowest BCUT2D eigenvalue weighted by molar-refractivity contribution is 0.269. The molecule has 1 unspecified atom stereocenters. The van der Waals surface area contributed by atoms with Gasteiger partial charge in [0.15, 0.2) is 0 Å². The van der Waals surface area contributed by atoms with Gasteiger partial charge in [-0.25, -0.2) is 0 Å². The Bertz CT molecular complexity index is 431. The molecule has 0 radical (unpaired) electrons. The average Bonchev–Trinajstić information content (AvgIpc) is 2.60. The third kappa shape index (κ3) is 19.1. The minimum absolute atomic E-state index is 0.405. The van der Waals surface area contributed by atoms with Crippen LogP contribution in [0.1, 0.15) is 51.9 Å². The number of thiol groups is 1. The van der Waals surface area contributed by atoms with Gasteiger partial charge in [-0.3, -0.25) is 0 Å². The Balaban J connectivity index is 3.53. The van der Waals surface area contributed by atoms with Crippen LogP contribution in [0.25, 0.3) is 0 Å². The van der Waals surface area contributed by atoms with E-state index in [0.29, 0.717) is 6.42 Å². The largest absolute Gasteiger partial charge is 0.381 e. The summed E-state index contributed by atoms with van der Waals surface area (Å²) in [6, 6.07) is 0. The minimum atomic E-state index is -0.405. The minimum Gasteiger partial charge on any atom is -0.381 e. The van der Waals surface area contributed by atoms with Crippen molar-refractivity contribution in [2.75, 3.05) is 0 Å². The zero-order chi connectivity index (χ0) is 17.7. The van der Waals surface area contributed by atoms with Crippen molar-refractivity contribution < 1.29 is 5.11 Å². The first kappa shape index (κ1) is 23.1. The molecule has 0 bridgehead atoms. The van der Waals surface area contributed by atoms with Crippen LogP contribution in [-0.2, 0) is 0 Å². The maximum absolute atomic E-state index is 9.29. The van der Waals surface area contributed by atoms with Crippen LogP contribution in [0.2, 0.25) is 0 Å². The fourth-order valence-electron chi connectivity index (χ4n) is 1.78. The Kier molecular flexibility index (Phi) is 19.4. The van der Waals surface area contributed by atoms with Crippen LogP contribution in [0.5, 0.6) is 0 Å². The van der Waals surface area contributed by atoms with E-state index in [-0.39, 0.29) is 0 Å². The zero-order valence-electron chi connectivity index (χ0n) is 14.8. The smallest absolute Gasteiger partial charge is 0.112 e. The Morgan fingerprint density at radius 2 is 1.00 bits per heavy atom. The van der Waals surface area contributed by atoms with Crippen LogP contribution in [-0.4, -0.2) is 10.5 Å². The summed E-state index contributed by atoms with van der Waals surface area (Å²) in [4.78, 5) is 0. The quantitative estimate of drug-likeness (QED) is 0.150. The van der Waals surface area contributed by atoms with Crippen molar-refractivity contribution in [1.82, 2.24) is 0 Å². The van der Waals surface area contributed by atoms with Crippen LogP contribution in [0, 0.1) is 0 Å². The molecular formula is C21H32OS2. The summed E-state index contributed by atoms with van der Waals surface area (Å²) in [5, 5.41) is 9.29. The van der Waals surface area contributed by atoms with Crippen molar-refractivity contribution in [3.8, 4) is 0 Å². The van der Waals surface area contributed by atoms with Crippen LogP contribution < -0.4 is 0 Å². The van der Waals surface area contributed by atoms with Gasteiger partial charge in [-0.2, -0.15) is 0 Å². The number of allylic oxidation sites excluding steroid dienone is 11. The Morgan fingerprint density at radius 3 is 1.33 bits per heavy atom. The predicted octanol–water partition coefficient (Wildman–Crippen LogP) is 6.97. The molecule has 24 heavy (non-hydrogen) atoms. The van der Waals surface area contributed by atoms with Crippen molar-refractivity contribution in [1.29, 1.82) is 0 Å². The van der Waals surface area contributed by atoms with E-state index in [4.69, 9.17) is 0 Å². The topological polar surface area (TPSA) is 20.2 Å². The van der Waals surface area contributed by atoms with Crippen LogP contribution >= 0.6 is 22.5 Å². The second kappa shape index (κ2) is 20.1. The van der Waals surface area contributed by atoms with E-state index < -0.39 is 5.44 Å². The Hall–Kier alpha value is -0.900. The molecule has 0 aliphatic rings. The lowest BCUT2D eigenvalue weighted by Gasteiger charge is -1.99. The summed E-state index contributed by atoms with van der Waals surface area (Å²) in [6.45, 7) is 2.15. The Morgan fingerprint density at radius 1 is 0.667 bits per heavy atom. The van der Waals surface area contributed by atoms with E-state index >= 15 is 0 Å². The molecular weight excluding hydrogens is 332 g/mol. The van der Waals surface area contributed by atoms with E-state index in [0.717, 1.165) is 38.5 Å². The van der Waals surface area contributed by atoms with E-state index in [2.05, 4.69) is 85.4 Å². The van der Waals surface area contributed by atoms with Gasteiger partial charge in [0.25, 0.3) is 0 Å². The summed E-state index contributed by atoms with van der Waals surface area (Å²) in [5.41, 5.74) is -0.405. The molecule has 0 aromatic heterocycles. The van der Waals surface area contributed by atoms with Gasteiger partial charge in [0.2, 0.25) is 0 Å². The molecule has 0 aromatic rings. The van der Waals surface area contributed by atoms with Gasteiger partial charge in [0, 0.05) is 6.42 Å². The standard InChI is InChI=1S/C21H32OS2/c1-2-3-4-5-6-7-8-9-10-11-12-13-14-15-16-17-18-19-20-21(22)24-23/h3-4,6-7,9-10,12-13,15-16,18-19,21-23H,2,5,8,11,14,17,20H2,1H3. The molecule has 0 fully saturated rings. The zero-order valence-corrected chi connectivity index (χ0v) is 16.5. The molecule has 0 aromatic carbocycles. The van der Waals surface area contributed by atoms with Crippen molar-refractivity contribution in [3.63, 3.8) is 0 Å². The molecule has 1 N–H and O–H groups in total. The summed E-state index contributed by atoms with van der Waals surface area (Å²) >= 11 is 3.95. The van der Waals surface area contributed by atoms with Gasteiger partial charge in [-0.15, -0.1) is 11.7 Å². The highest BCUT2D eigenvalue weighted by Gasteiger charge is 1.95. The van der Waals surface area contributed by atoms with Gasteiger partial charge in [-0.1, -0.05) is 90.6 Å². The van der Waals surface area contributed by atoms with Gasteiger partial charge < -0.3 is 5.11 Å². The number of aliphatic hydroxyl groups is 1. The van der Waals surface area contributed by atoms with Crippen LogP contribution in [0.4, 0.5) is 0 Å². The molecule has 0 saturated carbocycles. The Labute approximate surface area is 157 Å². The third-order valence-corrected chi connectivity index (χ3v) is 4.22. The highest BCUT2D eigenvalue weighted by molar-refractivity contribution is 8.68. The number of aliphatic hydroxyl groups excluding tert-OH is 1. The normalized spacial score (nSPS) is 14.6. The molecule has 0 rings (SSSR count). The maximum Gasteiger partial charge on any atom is 0.112 e. The lowest BCUT2D eigenvalue weighted by Crippen LogP contribution is -1.93. The summed E-state index contributed by atoms with van der Waals surface area (Å²) < 4.78 is 0. The molecule has 0 heterocycles. The van der Waals surface area contributed by atoms with Crippen molar-refractivity contribution in [2.45, 2.75) is 57.3 Å². The molecule has 134 valence electrons. The van der Waals surface area contributed by atoms with Crippen molar-refractivity contribution in [2.24, 2.45) is 0 Å². The molecule has 0 amide bonds. The molecule has 1 nitrogen and oxygen atoms in total. The molecule has 0 spiro atoms. The van der Waals surface area contributed by atoms with E-state index in [1.807, 2.05) is 6.08 Å². The monoisotopic (exact) mass is 364 g/mol. The highest BCUT2D eigenvalue weighted by Crippen LogP contribution is 2.15. The predicted molar refractivity (Wildman–Crippen MR) is 115 cm³/mol. The highest BCUT2D eigenvalue weighted by atomic mass is 33.1. The fraction of sp³-hybridized carbons (Fsp3) is 0.429. The molecule has 3 heteroatoms. The van der Waals surface area contributed by atoms with E-state index in [1.54, 1.807) is 0 Å². The van der Waals surface area contributed by atoms with Gasteiger partial charge in [-0.05, 0) is 38.5 Å². The lowest BCUT2D eigenvalue weighted by atomic mass is 10.2. The number of hydrogen-bond acceptors (Lipinski definition) is 3.